The fourth-order valence-corrected chi connectivity index (χ4v) is 2.17. The predicted molar refractivity (Wildman–Crippen MR) is 52.7 cm³/mol. The predicted octanol–water partition coefficient (Wildman–Crippen LogP) is 1.62. The Bertz CT molecular complexity index is 128. The van der Waals surface area contributed by atoms with E-state index in [0.29, 0.717) is 9.71 Å². The summed E-state index contributed by atoms with van der Waals surface area (Å²) in [4.78, 5) is 10.7. The lowest BCUT2D eigenvalue weighted by Gasteiger charge is -2.02. The topological polar surface area (TPSA) is 20.3 Å². The number of hydrogen-bond acceptors (Lipinski definition) is 2. The summed E-state index contributed by atoms with van der Waals surface area (Å²) in [6.07, 6.45) is 1.05. The quantitative estimate of drug-likeness (QED) is 0.407. The molecule has 0 bridgehead atoms. The Morgan fingerprint density at radius 2 is 2.33 bits per heavy atom. The molecule has 1 aliphatic heterocycles. The molecule has 9 heavy (non-hydrogen) atoms. The summed E-state index contributed by atoms with van der Waals surface area (Å²) < 4.78 is 2.48. The molecule has 1 heterocycles. The zero-order valence-electron chi connectivity index (χ0n) is 4.81. The lowest BCUT2D eigenvalue weighted by molar-refractivity contribution is -0.112. The van der Waals surface area contributed by atoms with Crippen LogP contribution in [-0.4, -0.2) is 20.0 Å². The van der Waals surface area contributed by atoms with Gasteiger partial charge >= 0.3 is 0 Å². The molecule has 0 amide bonds. The molecule has 1 saturated heterocycles. The summed E-state index contributed by atoms with van der Waals surface area (Å²) in [5.41, 5.74) is 0. The first-order valence-electron chi connectivity index (χ1n) is 2.80. The molecule has 0 aromatic carbocycles. The van der Waals surface area contributed by atoms with Gasteiger partial charge in [-0.3, -0.25) is 4.79 Å². The van der Waals surface area contributed by atoms with Crippen molar-refractivity contribution in [2.45, 2.75) is 6.42 Å². The zero-order valence-corrected chi connectivity index (χ0v) is 9.13. The van der Waals surface area contributed by atoms with E-state index in [4.69, 9.17) is 0 Å². The molecule has 2 nitrogen and oxygen atoms in total. The highest BCUT2D eigenvalue weighted by Crippen LogP contribution is 2.21. The van der Waals surface area contributed by atoms with Gasteiger partial charge in [0.25, 0.3) is 0 Å². The third kappa shape index (κ3) is 2.30. The summed E-state index contributed by atoms with van der Waals surface area (Å²) in [6.45, 7) is 2.02. The molecule has 0 N–H and O–H groups in total. The molecule has 0 spiro atoms. The number of nitrogens with zero attached hydrogens (tertiary/aromatic N) is 1. The number of carbonyl (C=O) groups excluding carboxylic acids is 1. The van der Waals surface area contributed by atoms with Crippen LogP contribution >= 0.6 is 45.5 Å². The van der Waals surface area contributed by atoms with Crippen LogP contribution in [-0.2, 0) is 4.79 Å². The van der Waals surface area contributed by atoms with Crippen molar-refractivity contribution in [1.29, 1.82) is 0 Å². The van der Waals surface area contributed by atoms with Crippen LogP contribution in [0, 0.1) is 5.92 Å². The summed E-state index contributed by atoms with van der Waals surface area (Å²) in [7, 11) is 0. The van der Waals surface area contributed by atoms with E-state index < -0.39 is 0 Å². The fraction of sp³-hybridized carbons (Fsp3) is 0.800. The van der Waals surface area contributed by atoms with Crippen LogP contribution in [0.25, 0.3) is 0 Å². The van der Waals surface area contributed by atoms with Gasteiger partial charge in [0, 0.05) is 41.9 Å². The maximum atomic E-state index is 10.7. The third-order valence-corrected chi connectivity index (χ3v) is 3.22. The zero-order chi connectivity index (χ0) is 6.85. The van der Waals surface area contributed by atoms with E-state index >= 15 is 0 Å². The van der Waals surface area contributed by atoms with E-state index in [2.05, 4.69) is 26.0 Å². The van der Waals surface area contributed by atoms with Crippen molar-refractivity contribution >= 4 is 49.2 Å². The number of carbonyl (C=O) groups is 1. The van der Waals surface area contributed by atoms with Gasteiger partial charge in [-0.05, 0) is 29.0 Å². The van der Waals surface area contributed by atoms with Crippen molar-refractivity contribution < 1.29 is 4.79 Å². The molecule has 52 valence electrons. The van der Waals surface area contributed by atoms with Gasteiger partial charge in [0.15, 0.2) is 3.79 Å². The molecule has 1 fully saturated rings. The second kappa shape index (κ2) is 3.47. The van der Waals surface area contributed by atoms with Gasteiger partial charge in [-0.25, -0.2) is 3.11 Å². The second-order valence-electron chi connectivity index (χ2n) is 2.16. The highest BCUT2D eigenvalue weighted by Gasteiger charge is 2.24. The Hall–Kier alpha value is 1.09. The third-order valence-electron chi connectivity index (χ3n) is 1.46. The van der Waals surface area contributed by atoms with Crippen molar-refractivity contribution in [3.63, 3.8) is 0 Å². The van der Waals surface area contributed by atoms with E-state index in [0.717, 1.165) is 19.5 Å². The van der Waals surface area contributed by atoms with Crippen molar-refractivity contribution in [3.8, 4) is 0 Å². The molecule has 1 rings (SSSR count). The van der Waals surface area contributed by atoms with E-state index in [1.165, 1.54) is 0 Å². The van der Waals surface area contributed by atoms with E-state index in [1.807, 2.05) is 22.6 Å². The van der Waals surface area contributed by atoms with Crippen LogP contribution in [0.2, 0.25) is 0 Å². The monoisotopic (exact) mass is 351 g/mol. The van der Waals surface area contributed by atoms with E-state index in [-0.39, 0.29) is 0 Å². The van der Waals surface area contributed by atoms with Gasteiger partial charge in [-0.1, -0.05) is 0 Å². The Morgan fingerprint density at radius 1 is 1.67 bits per heavy atom. The molecule has 1 atom stereocenters. The van der Waals surface area contributed by atoms with E-state index in [9.17, 15) is 4.79 Å². The lowest BCUT2D eigenvalue weighted by Crippen LogP contribution is -2.11. The van der Waals surface area contributed by atoms with Gasteiger partial charge in [-0.15, -0.1) is 0 Å². The minimum atomic E-state index is 0.308. The first-order valence-corrected chi connectivity index (χ1v) is 4.84. The Kier molecular flexibility index (Phi) is 3.16. The van der Waals surface area contributed by atoms with Crippen LogP contribution in [0.15, 0.2) is 0 Å². The van der Waals surface area contributed by atoms with Crippen LogP contribution in [0.1, 0.15) is 6.42 Å². The minimum Gasteiger partial charge on any atom is -0.287 e. The highest BCUT2D eigenvalue weighted by atomic mass is 127. The average molecular weight is 351 g/mol. The largest absolute Gasteiger partial charge is 0.287 e. The molecule has 0 saturated carbocycles. The Morgan fingerprint density at radius 3 is 2.56 bits per heavy atom. The molecule has 0 unspecified atom stereocenters. The van der Waals surface area contributed by atoms with Gasteiger partial charge in [-0.2, -0.15) is 0 Å². The number of halogens is 2. The van der Waals surface area contributed by atoms with Crippen molar-refractivity contribution in [3.05, 3.63) is 0 Å². The fourth-order valence-electron chi connectivity index (χ4n) is 0.903. The molecule has 1 aliphatic rings. The molecule has 0 aromatic heterocycles. The van der Waals surface area contributed by atoms with Crippen molar-refractivity contribution in [2.75, 3.05) is 13.1 Å². The Labute approximate surface area is 82.0 Å². The smallest absolute Gasteiger partial charge is 0.196 e. The van der Waals surface area contributed by atoms with Crippen molar-refractivity contribution in [2.24, 2.45) is 5.92 Å². The molecule has 4 heteroatoms. The van der Waals surface area contributed by atoms with Crippen LogP contribution < -0.4 is 0 Å². The van der Waals surface area contributed by atoms with Crippen LogP contribution in [0.3, 0.4) is 0 Å². The molecular weight excluding hydrogens is 344 g/mol. The normalized spacial score (nSPS) is 28.9. The molecule has 0 radical (unpaired) electrons. The Balaban J connectivity index is 2.39. The van der Waals surface area contributed by atoms with Crippen LogP contribution in [0.5, 0.6) is 0 Å². The molecule has 0 aromatic rings. The summed E-state index contributed by atoms with van der Waals surface area (Å²) >= 11 is 4.14. The average Bonchev–Trinajstić information content (AvgIpc) is 2.14. The SMILES string of the molecule is O=C(I)[C@@H]1CCN(I)C1. The van der Waals surface area contributed by atoms with Gasteiger partial charge in [0.1, 0.15) is 0 Å². The van der Waals surface area contributed by atoms with Crippen LogP contribution in [0.4, 0.5) is 0 Å². The minimum absolute atomic E-state index is 0.308. The summed E-state index contributed by atoms with van der Waals surface area (Å²) in [5, 5.41) is 0. The molecule has 0 aliphatic carbocycles. The summed E-state index contributed by atoms with van der Waals surface area (Å²) in [5.74, 6) is 0.308. The standard InChI is InChI=1S/C5H7I2NO/c6-5(9)4-1-2-8(7)3-4/h4H,1-3H2/t4-/m1/s1. The number of rotatable bonds is 1. The summed E-state index contributed by atoms with van der Waals surface area (Å²) in [6, 6.07) is 0. The highest BCUT2D eigenvalue weighted by molar-refractivity contribution is 14.1. The van der Waals surface area contributed by atoms with Gasteiger partial charge in [0.05, 0.1) is 0 Å². The first-order chi connectivity index (χ1) is 4.20. The molecular formula is C5H7I2NO. The maximum Gasteiger partial charge on any atom is 0.196 e. The lowest BCUT2D eigenvalue weighted by atomic mass is 10.1. The maximum absolute atomic E-state index is 10.7. The number of hydrogen-bond donors (Lipinski definition) is 0. The second-order valence-corrected chi connectivity index (χ2v) is 4.59. The first kappa shape index (κ1) is 8.19. The van der Waals surface area contributed by atoms with Gasteiger partial charge in [0.2, 0.25) is 0 Å². The van der Waals surface area contributed by atoms with Crippen molar-refractivity contribution in [1.82, 2.24) is 3.11 Å². The van der Waals surface area contributed by atoms with Gasteiger partial charge < -0.3 is 0 Å². The van der Waals surface area contributed by atoms with E-state index in [1.54, 1.807) is 0 Å².